The quantitative estimate of drug-likeness (QED) is 0.863. The maximum absolute atomic E-state index is 11.7. The van der Waals surface area contributed by atoms with Crippen LogP contribution in [0, 0.1) is 0 Å². The predicted octanol–water partition coefficient (Wildman–Crippen LogP) is 4.00. The van der Waals surface area contributed by atoms with Crippen LogP contribution < -0.4 is 10.1 Å². The lowest BCUT2D eigenvalue weighted by Crippen LogP contribution is -2.07. The highest BCUT2D eigenvalue weighted by atomic mass is 35.5. The van der Waals surface area contributed by atoms with Crippen LogP contribution in [0.2, 0.25) is 5.02 Å². The molecule has 0 fully saturated rings. The van der Waals surface area contributed by atoms with Gasteiger partial charge < -0.3 is 10.1 Å². The summed E-state index contributed by atoms with van der Waals surface area (Å²) in [6.45, 7) is 0. The van der Waals surface area contributed by atoms with E-state index in [4.69, 9.17) is 16.3 Å². The summed E-state index contributed by atoms with van der Waals surface area (Å²) in [4.78, 5) is 11.7. The van der Waals surface area contributed by atoms with Gasteiger partial charge in [-0.15, -0.1) is 0 Å². The number of hydrogen-bond acceptors (Lipinski definition) is 2. The van der Waals surface area contributed by atoms with Crippen molar-refractivity contribution in [2.45, 2.75) is 0 Å². The third-order valence-corrected chi connectivity index (χ3v) is 2.91. The molecule has 2 aromatic carbocycles. The Kier molecular flexibility index (Phi) is 4.80. The van der Waals surface area contributed by atoms with Crippen molar-refractivity contribution in [3.05, 3.63) is 65.2 Å². The number of halogens is 1. The smallest absolute Gasteiger partial charge is 0.248 e. The highest BCUT2D eigenvalue weighted by Gasteiger charge is 1.98. The van der Waals surface area contributed by atoms with Crippen LogP contribution in [0.5, 0.6) is 5.75 Å². The van der Waals surface area contributed by atoms with Gasteiger partial charge in [-0.2, -0.15) is 0 Å². The van der Waals surface area contributed by atoms with E-state index in [-0.39, 0.29) is 5.91 Å². The average molecular weight is 288 g/mol. The molecule has 0 saturated heterocycles. The summed E-state index contributed by atoms with van der Waals surface area (Å²) < 4.78 is 5.07. The van der Waals surface area contributed by atoms with Gasteiger partial charge >= 0.3 is 0 Å². The van der Waals surface area contributed by atoms with E-state index in [9.17, 15) is 4.79 Å². The number of hydrogen-bond donors (Lipinski definition) is 1. The Labute approximate surface area is 122 Å². The monoisotopic (exact) mass is 287 g/mol. The van der Waals surface area contributed by atoms with Crippen LogP contribution in [0.15, 0.2) is 54.6 Å². The molecule has 0 saturated carbocycles. The number of carbonyl (C=O) groups excluding carboxylic acids is 1. The van der Waals surface area contributed by atoms with E-state index in [0.717, 1.165) is 11.3 Å². The van der Waals surface area contributed by atoms with Crippen molar-refractivity contribution in [1.82, 2.24) is 0 Å². The molecule has 0 heterocycles. The second-order valence-electron chi connectivity index (χ2n) is 4.10. The van der Waals surface area contributed by atoms with Gasteiger partial charge in [0.05, 0.1) is 7.11 Å². The van der Waals surface area contributed by atoms with Crippen molar-refractivity contribution in [2.75, 3.05) is 12.4 Å². The van der Waals surface area contributed by atoms with Gasteiger partial charge in [-0.05, 0) is 48.0 Å². The number of methoxy groups -OCH3 is 1. The van der Waals surface area contributed by atoms with Crippen molar-refractivity contribution >= 4 is 29.3 Å². The van der Waals surface area contributed by atoms with E-state index in [0.29, 0.717) is 10.7 Å². The van der Waals surface area contributed by atoms with Crippen molar-refractivity contribution < 1.29 is 9.53 Å². The number of anilines is 1. The third kappa shape index (κ3) is 4.14. The van der Waals surface area contributed by atoms with Gasteiger partial charge in [-0.1, -0.05) is 23.7 Å². The molecule has 1 N–H and O–H groups in total. The maximum Gasteiger partial charge on any atom is 0.248 e. The summed E-state index contributed by atoms with van der Waals surface area (Å²) in [5.41, 5.74) is 1.64. The van der Waals surface area contributed by atoms with Crippen LogP contribution in [-0.4, -0.2) is 13.0 Å². The van der Waals surface area contributed by atoms with Gasteiger partial charge in [0.25, 0.3) is 0 Å². The fourth-order valence-electron chi connectivity index (χ4n) is 1.60. The van der Waals surface area contributed by atoms with Crippen LogP contribution in [-0.2, 0) is 4.79 Å². The van der Waals surface area contributed by atoms with Crippen molar-refractivity contribution in [3.8, 4) is 5.75 Å². The Morgan fingerprint density at radius 1 is 1.10 bits per heavy atom. The Morgan fingerprint density at radius 3 is 2.35 bits per heavy atom. The zero-order valence-electron chi connectivity index (χ0n) is 11.0. The van der Waals surface area contributed by atoms with Crippen molar-refractivity contribution in [3.63, 3.8) is 0 Å². The summed E-state index contributed by atoms with van der Waals surface area (Å²) in [7, 11) is 1.62. The van der Waals surface area contributed by atoms with E-state index in [1.807, 2.05) is 24.3 Å². The highest BCUT2D eigenvalue weighted by Crippen LogP contribution is 2.14. The van der Waals surface area contributed by atoms with Crippen LogP contribution >= 0.6 is 11.6 Å². The zero-order valence-corrected chi connectivity index (χ0v) is 11.7. The van der Waals surface area contributed by atoms with Gasteiger partial charge in [0.15, 0.2) is 0 Å². The standard InChI is InChI=1S/C16H14ClNO2/c1-20-15-9-2-12(3-10-15)4-11-16(19)18-14-7-5-13(17)6-8-14/h2-11H,1H3,(H,18,19)/b11-4+. The normalized spacial score (nSPS) is 10.5. The van der Waals surface area contributed by atoms with E-state index in [2.05, 4.69) is 5.32 Å². The molecule has 0 aliphatic rings. The van der Waals surface area contributed by atoms with E-state index in [1.165, 1.54) is 6.08 Å². The third-order valence-electron chi connectivity index (χ3n) is 2.65. The molecule has 3 nitrogen and oxygen atoms in total. The number of carbonyl (C=O) groups is 1. The number of amides is 1. The lowest BCUT2D eigenvalue weighted by molar-refractivity contribution is -0.111. The van der Waals surface area contributed by atoms with Gasteiger partial charge in [0, 0.05) is 16.8 Å². The van der Waals surface area contributed by atoms with E-state index < -0.39 is 0 Å². The van der Waals surface area contributed by atoms with Gasteiger partial charge in [-0.3, -0.25) is 4.79 Å². The first-order valence-corrected chi connectivity index (χ1v) is 6.44. The number of rotatable bonds is 4. The topological polar surface area (TPSA) is 38.3 Å². The molecule has 0 spiro atoms. The molecule has 2 rings (SSSR count). The molecule has 0 aliphatic heterocycles. The van der Waals surface area contributed by atoms with Crippen LogP contribution in [0.1, 0.15) is 5.56 Å². The van der Waals surface area contributed by atoms with Crippen molar-refractivity contribution in [2.24, 2.45) is 0 Å². The molecule has 4 heteroatoms. The first-order valence-electron chi connectivity index (χ1n) is 6.06. The fourth-order valence-corrected chi connectivity index (χ4v) is 1.73. The predicted molar refractivity (Wildman–Crippen MR) is 82.1 cm³/mol. The first kappa shape index (κ1) is 14.2. The SMILES string of the molecule is COc1ccc(/C=C/C(=O)Nc2ccc(Cl)cc2)cc1. The molecule has 0 aromatic heterocycles. The van der Waals surface area contributed by atoms with Gasteiger partial charge in [0.2, 0.25) is 5.91 Å². The van der Waals surface area contributed by atoms with E-state index in [1.54, 1.807) is 37.5 Å². The zero-order chi connectivity index (χ0) is 14.4. The van der Waals surface area contributed by atoms with Crippen molar-refractivity contribution in [1.29, 1.82) is 0 Å². The Morgan fingerprint density at radius 2 is 1.75 bits per heavy atom. The lowest BCUT2D eigenvalue weighted by atomic mass is 10.2. The summed E-state index contributed by atoms with van der Waals surface area (Å²) in [6.07, 6.45) is 3.22. The van der Waals surface area contributed by atoms with Gasteiger partial charge in [-0.25, -0.2) is 0 Å². The average Bonchev–Trinajstić information content (AvgIpc) is 2.48. The Balaban J connectivity index is 1.96. The minimum absolute atomic E-state index is 0.192. The molecular formula is C16H14ClNO2. The maximum atomic E-state index is 11.7. The molecule has 0 radical (unpaired) electrons. The van der Waals surface area contributed by atoms with E-state index >= 15 is 0 Å². The number of ether oxygens (including phenoxy) is 1. The minimum atomic E-state index is -0.192. The van der Waals surface area contributed by atoms with Crippen LogP contribution in [0.4, 0.5) is 5.69 Å². The van der Waals surface area contributed by atoms with Crippen LogP contribution in [0.3, 0.4) is 0 Å². The Hall–Kier alpha value is -2.26. The summed E-state index contributed by atoms with van der Waals surface area (Å²) in [6, 6.07) is 14.4. The molecule has 1 amide bonds. The number of benzene rings is 2. The lowest BCUT2D eigenvalue weighted by Gasteiger charge is -2.02. The molecular weight excluding hydrogens is 274 g/mol. The fraction of sp³-hybridized carbons (Fsp3) is 0.0625. The highest BCUT2D eigenvalue weighted by molar-refractivity contribution is 6.30. The van der Waals surface area contributed by atoms with Crippen LogP contribution in [0.25, 0.3) is 6.08 Å². The first-order chi connectivity index (χ1) is 9.67. The second kappa shape index (κ2) is 6.78. The molecule has 0 atom stereocenters. The molecule has 0 aliphatic carbocycles. The molecule has 0 bridgehead atoms. The molecule has 0 unspecified atom stereocenters. The molecule has 102 valence electrons. The summed E-state index contributed by atoms with van der Waals surface area (Å²) >= 11 is 5.78. The minimum Gasteiger partial charge on any atom is -0.497 e. The Bertz CT molecular complexity index is 603. The molecule has 20 heavy (non-hydrogen) atoms. The van der Waals surface area contributed by atoms with Gasteiger partial charge in [0.1, 0.15) is 5.75 Å². The summed E-state index contributed by atoms with van der Waals surface area (Å²) in [5, 5.41) is 3.39. The second-order valence-corrected chi connectivity index (χ2v) is 4.54. The molecule has 2 aromatic rings. The summed E-state index contributed by atoms with van der Waals surface area (Å²) in [5.74, 6) is 0.593. The largest absolute Gasteiger partial charge is 0.497 e. The number of nitrogens with one attached hydrogen (secondary N) is 1.